The fourth-order valence-corrected chi connectivity index (χ4v) is 3.14. The fraction of sp³-hybridized carbons (Fsp3) is 0.238. The van der Waals surface area contributed by atoms with E-state index >= 15 is 0 Å². The summed E-state index contributed by atoms with van der Waals surface area (Å²) in [5.74, 6) is 0.895. The molecule has 2 aliphatic rings. The van der Waals surface area contributed by atoms with Gasteiger partial charge in [0.1, 0.15) is 11.9 Å². The zero-order valence-electron chi connectivity index (χ0n) is 14.0. The number of anilines is 1. The molecule has 0 spiro atoms. The highest BCUT2D eigenvalue weighted by Crippen LogP contribution is 2.19. The van der Waals surface area contributed by atoms with Crippen LogP contribution in [0.1, 0.15) is 18.4 Å². The lowest BCUT2D eigenvalue weighted by Crippen LogP contribution is -2.31. The van der Waals surface area contributed by atoms with Gasteiger partial charge >= 0.3 is 0 Å². The smallest absolute Gasteiger partial charge is 0.121 e. The van der Waals surface area contributed by atoms with Crippen molar-refractivity contribution in [1.82, 2.24) is 4.98 Å². The summed E-state index contributed by atoms with van der Waals surface area (Å²) in [5.41, 5.74) is 7.93. The first-order valence-corrected chi connectivity index (χ1v) is 8.63. The number of aromatic amines is 1. The van der Waals surface area contributed by atoms with Gasteiger partial charge in [-0.25, -0.2) is 0 Å². The summed E-state index contributed by atoms with van der Waals surface area (Å²) in [4.78, 5) is 3.17. The van der Waals surface area contributed by atoms with Gasteiger partial charge in [0.05, 0.1) is 18.4 Å². The Balaban J connectivity index is 1.32. The fourth-order valence-electron chi connectivity index (χ4n) is 3.14. The molecular weight excluding hydrogens is 312 g/mol. The molecule has 128 valence electrons. The first-order valence-electron chi connectivity index (χ1n) is 8.63. The average molecular weight is 334 g/mol. The zero-order valence-corrected chi connectivity index (χ0v) is 14.0. The Hall–Kier alpha value is -2.72. The van der Waals surface area contributed by atoms with Crippen molar-refractivity contribution in [2.75, 3.05) is 5.73 Å². The Morgan fingerprint density at radius 1 is 1.08 bits per heavy atom. The SMILES string of the molecule is Nc1c[nH]c2c1=CC(OC1=CCC(OCc3ccccc3)C=C1)CC=2. The molecule has 3 N–H and O–H groups in total. The number of hydrogen-bond donors (Lipinski definition) is 2. The molecule has 0 fully saturated rings. The number of rotatable bonds is 5. The molecule has 2 unspecified atom stereocenters. The second-order valence-electron chi connectivity index (χ2n) is 6.37. The Morgan fingerprint density at radius 3 is 2.72 bits per heavy atom. The van der Waals surface area contributed by atoms with Gasteiger partial charge in [-0.15, -0.1) is 0 Å². The molecule has 2 aliphatic carbocycles. The van der Waals surface area contributed by atoms with Crippen molar-refractivity contribution in [3.05, 3.63) is 76.6 Å². The molecule has 1 aromatic carbocycles. The number of fused-ring (bicyclic) bond motifs is 1. The van der Waals surface area contributed by atoms with Crippen LogP contribution in [0.4, 0.5) is 5.69 Å². The lowest BCUT2D eigenvalue weighted by molar-refractivity contribution is 0.0703. The lowest BCUT2D eigenvalue weighted by Gasteiger charge is -2.21. The molecule has 1 heterocycles. The first kappa shape index (κ1) is 15.8. The summed E-state index contributed by atoms with van der Waals surface area (Å²) in [6.45, 7) is 0.626. The van der Waals surface area contributed by atoms with E-state index in [2.05, 4.69) is 41.4 Å². The van der Waals surface area contributed by atoms with Gasteiger partial charge in [-0.3, -0.25) is 0 Å². The van der Waals surface area contributed by atoms with E-state index in [1.54, 1.807) is 0 Å². The number of allylic oxidation sites excluding steroid dienone is 1. The van der Waals surface area contributed by atoms with Crippen LogP contribution in [-0.2, 0) is 16.1 Å². The molecule has 2 atom stereocenters. The van der Waals surface area contributed by atoms with Crippen LogP contribution < -0.4 is 16.3 Å². The molecule has 2 aromatic rings. The second-order valence-corrected chi connectivity index (χ2v) is 6.37. The highest BCUT2D eigenvalue weighted by atomic mass is 16.5. The second kappa shape index (κ2) is 7.03. The number of aromatic nitrogens is 1. The topological polar surface area (TPSA) is 60.3 Å². The number of benzene rings is 1. The van der Waals surface area contributed by atoms with Crippen LogP contribution in [0.3, 0.4) is 0 Å². The third-order valence-corrected chi connectivity index (χ3v) is 4.51. The minimum absolute atomic E-state index is 0.0169. The van der Waals surface area contributed by atoms with Gasteiger partial charge < -0.3 is 20.2 Å². The van der Waals surface area contributed by atoms with E-state index in [9.17, 15) is 0 Å². The van der Waals surface area contributed by atoms with Crippen molar-refractivity contribution in [2.24, 2.45) is 0 Å². The van der Waals surface area contributed by atoms with E-state index in [0.29, 0.717) is 6.61 Å². The summed E-state index contributed by atoms with van der Waals surface area (Å²) < 4.78 is 12.0. The van der Waals surface area contributed by atoms with Crippen LogP contribution in [-0.4, -0.2) is 17.2 Å². The molecule has 0 aliphatic heterocycles. The van der Waals surface area contributed by atoms with Crippen LogP contribution in [0.25, 0.3) is 12.2 Å². The summed E-state index contributed by atoms with van der Waals surface area (Å²) in [5, 5.41) is 2.13. The summed E-state index contributed by atoms with van der Waals surface area (Å²) >= 11 is 0. The van der Waals surface area contributed by atoms with Gasteiger partial charge in [0.25, 0.3) is 0 Å². The van der Waals surface area contributed by atoms with E-state index in [1.165, 1.54) is 5.56 Å². The first-order chi connectivity index (χ1) is 12.3. The highest BCUT2D eigenvalue weighted by molar-refractivity contribution is 5.51. The molecule has 0 bridgehead atoms. The summed E-state index contributed by atoms with van der Waals surface area (Å²) in [6, 6.07) is 10.2. The monoisotopic (exact) mass is 334 g/mol. The van der Waals surface area contributed by atoms with Gasteiger partial charge in [0.15, 0.2) is 0 Å². The molecule has 4 nitrogen and oxygen atoms in total. The maximum absolute atomic E-state index is 6.09. The van der Waals surface area contributed by atoms with Gasteiger partial charge in [-0.05, 0) is 30.2 Å². The minimum Gasteiger partial charge on any atom is -0.486 e. The minimum atomic E-state index is 0.0169. The number of nitrogen functional groups attached to an aromatic ring is 1. The number of nitrogens with one attached hydrogen (secondary N) is 1. The van der Waals surface area contributed by atoms with Crippen LogP contribution in [0.2, 0.25) is 0 Å². The Morgan fingerprint density at radius 2 is 1.92 bits per heavy atom. The normalized spacial score (nSPS) is 21.7. The molecule has 0 radical (unpaired) electrons. The Labute approximate surface area is 147 Å². The van der Waals surface area contributed by atoms with Gasteiger partial charge in [0, 0.05) is 23.2 Å². The Bertz CT molecular complexity index is 909. The van der Waals surface area contributed by atoms with Gasteiger partial charge in [-0.1, -0.05) is 42.5 Å². The maximum Gasteiger partial charge on any atom is 0.121 e. The van der Waals surface area contributed by atoms with Crippen LogP contribution >= 0.6 is 0 Å². The van der Waals surface area contributed by atoms with Crippen LogP contribution in [0.15, 0.2) is 60.5 Å². The van der Waals surface area contributed by atoms with Crippen molar-refractivity contribution in [3.63, 3.8) is 0 Å². The summed E-state index contributed by atoms with van der Waals surface area (Å²) in [6.07, 6.45) is 14.0. The van der Waals surface area contributed by atoms with Gasteiger partial charge in [-0.2, -0.15) is 0 Å². The molecule has 1 aromatic heterocycles. The van der Waals surface area contributed by atoms with Crippen LogP contribution in [0, 0.1) is 0 Å². The molecule has 4 heteroatoms. The standard InChI is InChI=1S/C21H22N2O2/c22-20-13-23-21-11-10-18(12-19(20)21)25-17-8-6-16(7-9-17)24-14-15-4-2-1-3-5-15/h1-6,8-9,11-13,16,18,23H,7,10,14,22H2. The highest BCUT2D eigenvalue weighted by Gasteiger charge is 2.15. The van der Waals surface area contributed by atoms with Crippen molar-refractivity contribution >= 4 is 17.8 Å². The van der Waals surface area contributed by atoms with E-state index in [0.717, 1.165) is 34.9 Å². The third-order valence-electron chi connectivity index (χ3n) is 4.51. The molecular formula is C21H22N2O2. The van der Waals surface area contributed by atoms with Crippen molar-refractivity contribution in [1.29, 1.82) is 0 Å². The van der Waals surface area contributed by atoms with Crippen LogP contribution in [0.5, 0.6) is 0 Å². The van der Waals surface area contributed by atoms with Crippen molar-refractivity contribution in [2.45, 2.75) is 31.7 Å². The molecule has 0 saturated heterocycles. The molecule has 25 heavy (non-hydrogen) atoms. The Kier molecular flexibility index (Phi) is 4.44. The summed E-state index contributed by atoms with van der Waals surface area (Å²) in [7, 11) is 0. The number of ether oxygens (including phenoxy) is 2. The number of H-pyrrole nitrogens is 1. The lowest BCUT2D eigenvalue weighted by atomic mass is 10.1. The third kappa shape index (κ3) is 3.69. The molecule has 4 rings (SSSR count). The average Bonchev–Trinajstić information content (AvgIpc) is 3.03. The van der Waals surface area contributed by atoms with E-state index in [1.807, 2.05) is 30.5 Å². The molecule has 0 saturated carbocycles. The predicted octanol–water partition coefficient (Wildman–Crippen LogP) is 2.38. The quantitative estimate of drug-likeness (QED) is 0.882. The maximum atomic E-state index is 6.09. The molecule has 0 amide bonds. The van der Waals surface area contributed by atoms with E-state index in [-0.39, 0.29) is 12.2 Å². The van der Waals surface area contributed by atoms with E-state index in [4.69, 9.17) is 15.2 Å². The predicted molar refractivity (Wildman–Crippen MR) is 99.7 cm³/mol. The van der Waals surface area contributed by atoms with Crippen molar-refractivity contribution < 1.29 is 9.47 Å². The van der Waals surface area contributed by atoms with E-state index < -0.39 is 0 Å². The van der Waals surface area contributed by atoms with Gasteiger partial charge in [0.2, 0.25) is 0 Å². The largest absolute Gasteiger partial charge is 0.486 e. The number of hydrogen-bond acceptors (Lipinski definition) is 3. The van der Waals surface area contributed by atoms with Crippen molar-refractivity contribution in [3.8, 4) is 0 Å². The number of nitrogens with two attached hydrogens (primary N) is 1. The zero-order chi connectivity index (χ0) is 17.1.